The Hall–Kier alpha value is -2.11. The Kier molecular flexibility index (Phi) is 3.69. The number of rotatable bonds is 2. The molecular formula is C13H15FN2O3. The van der Waals surface area contributed by atoms with Gasteiger partial charge >= 0.3 is 5.97 Å². The van der Waals surface area contributed by atoms with Crippen molar-refractivity contribution in [1.29, 1.82) is 0 Å². The fourth-order valence-corrected chi connectivity index (χ4v) is 2.11. The molecule has 0 spiro atoms. The van der Waals surface area contributed by atoms with Crippen molar-refractivity contribution in [3.8, 4) is 0 Å². The minimum absolute atomic E-state index is 0.103. The van der Waals surface area contributed by atoms with E-state index < -0.39 is 11.9 Å². The van der Waals surface area contributed by atoms with Crippen molar-refractivity contribution in [2.24, 2.45) is 5.92 Å². The maximum absolute atomic E-state index is 12.9. The van der Waals surface area contributed by atoms with Crippen LogP contribution in [0.3, 0.4) is 0 Å². The predicted molar refractivity (Wildman–Crippen MR) is 67.4 cm³/mol. The van der Waals surface area contributed by atoms with Crippen LogP contribution in [-0.4, -0.2) is 48.6 Å². The maximum atomic E-state index is 12.9. The summed E-state index contributed by atoms with van der Waals surface area (Å²) in [6.07, 6.45) is 0. The van der Waals surface area contributed by atoms with Gasteiger partial charge in [0.05, 0.1) is 12.5 Å². The zero-order valence-corrected chi connectivity index (χ0v) is 10.5. The summed E-state index contributed by atoms with van der Waals surface area (Å²) >= 11 is 0. The van der Waals surface area contributed by atoms with Gasteiger partial charge < -0.3 is 14.9 Å². The van der Waals surface area contributed by atoms with Crippen LogP contribution in [-0.2, 0) is 9.59 Å². The second-order valence-corrected chi connectivity index (χ2v) is 4.67. The second-order valence-electron chi connectivity index (χ2n) is 4.67. The molecule has 1 saturated heterocycles. The smallest absolute Gasteiger partial charge is 0.310 e. The molecule has 0 aliphatic carbocycles. The Balaban J connectivity index is 2.25. The summed E-state index contributed by atoms with van der Waals surface area (Å²) in [4.78, 5) is 26.1. The first-order chi connectivity index (χ1) is 8.97. The number of nitrogens with zero attached hydrogens (tertiary/aromatic N) is 2. The second kappa shape index (κ2) is 5.26. The van der Waals surface area contributed by atoms with Gasteiger partial charge in [-0.1, -0.05) is 0 Å². The van der Waals surface area contributed by atoms with Crippen molar-refractivity contribution in [2.75, 3.05) is 31.6 Å². The van der Waals surface area contributed by atoms with Gasteiger partial charge in [0, 0.05) is 25.8 Å². The number of carboxylic acids is 1. The van der Waals surface area contributed by atoms with Gasteiger partial charge in [-0.05, 0) is 24.3 Å². The highest BCUT2D eigenvalue weighted by molar-refractivity contribution is 5.83. The minimum atomic E-state index is -0.936. The van der Waals surface area contributed by atoms with Crippen LogP contribution >= 0.6 is 0 Å². The van der Waals surface area contributed by atoms with E-state index in [1.807, 2.05) is 0 Å². The number of likely N-dealkylation sites (N-methyl/N-ethyl adjacent to an activating group) is 1. The summed E-state index contributed by atoms with van der Waals surface area (Å²) in [6, 6.07) is 5.69. The molecule has 1 aromatic carbocycles. The predicted octanol–water partition coefficient (Wildman–Crippen LogP) is 0.805. The number of anilines is 1. The molecule has 1 aliphatic heterocycles. The van der Waals surface area contributed by atoms with E-state index in [2.05, 4.69) is 0 Å². The SMILES string of the molecule is CN1CC(C(=O)O)CN(c2ccc(F)cc2)CC1=O. The molecule has 1 unspecified atom stereocenters. The summed E-state index contributed by atoms with van der Waals surface area (Å²) in [7, 11) is 1.59. The average Bonchev–Trinajstić information content (AvgIpc) is 2.51. The summed E-state index contributed by atoms with van der Waals surface area (Å²) in [6.45, 7) is 0.523. The molecule has 0 aromatic heterocycles. The summed E-state index contributed by atoms with van der Waals surface area (Å²) in [5.74, 6) is -2.10. The van der Waals surface area contributed by atoms with E-state index in [0.29, 0.717) is 5.69 Å². The molecule has 0 bridgehead atoms. The van der Waals surface area contributed by atoms with Crippen molar-refractivity contribution < 1.29 is 19.1 Å². The Bertz CT molecular complexity index is 489. The van der Waals surface area contributed by atoms with E-state index in [1.54, 1.807) is 24.1 Å². The Morgan fingerprint density at radius 2 is 1.95 bits per heavy atom. The standard InChI is InChI=1S/C13H15FN2O3/c1-15-6-9(13(18)19)7-16(8-12(15)17)11-4-2-10(14)3-5-11/h2-5,9H,6-8H2,1H3,(H,18,19). The fraction of sp³-hybridized carbons (Fsp3) is 0.385. The number of benzene rings is 1. The number of halogens is 1. The number of amides is 1. The third-order valence-corrected chi connectivity index (χ3v) is 3.23. The molecule has 1 fully saturated rings. The van der Waals surface area contributed by atoms with Gasteiger partial charge in [0.15, 0.2) is 0 Å². The monoisotopic (exact) mass is 266 g/mol. The van der Waals surface area contributed by atoms with Gasteiger partial charge in [-0.15, -0.1) is 0 Å². The maximum Gasteiger partial charge on any atom is 0.310 e. The van der Waals surface area contributed by atoms with Crippen molar-refractivity contribution in [3.63, 3.8) is 0 Å². The molecular weight excluding hydrogens is 251 g/mol. The highest BCUT2D eigenvalue weighted by Crippen LogP contribution is 2.19. The number of hydrogen-bond acceptors (Lipinski definition) is 3. The first kappa shape index (κ1) is 13.3. The molecule has 19 heavy (non-hydrogen) atoms. The van der Waals surface area contributed by atoms with Gasteiger partial charge in [-0.2, -0.15) is 0 Å². The van der Waals surface area contributed by atoms with Crippen LogP contribution in [0.2, 0.25) is 0 Å². The van der Waals surface area contributed by atoms with Crippen LogP contribution in [0, 0.1) is 11.7 Å². The molecule has 2 rings (SSSR count). The minimum Gasteiger partial charge on any atom is -0.481 e. The van der Waals surface area contributed by atoms with E-state index in [0.717, 1.165) is 0 Å². The van der Waals surface area contributed by atoms with Gasteiger partial charge in [-0.3, -0.25) is 9.59 Å². The lowest BCUT2D eigenvalue weighted by molar-refractivity contribution is -0.142. The lowest BCUT2D eigenvalue weighted by atomic mass is 10.1. The summed E-state index contributed by atoms with van der Waals surface area (Å²) in [5, 5.41) is 9.15. The molecule has 1 aromatic rings. The number of carboxylic acid groups (broad SMARTS) is 1. The highest BCUT2D eigenvalue weighted by Gasteiger charge is 2.30. The lowest BCUT2D eigenvalue weighted by Gasteiger charge is -2.23. The highest BCUT2D eigenvalue weighted by atomic mass is 19.1. The van der Waals surface area contributed by atoms with Crippen molar-refractivity contribution >= 4 is 17.6 Å². The summed E-state index contributed by atoms with van der Waals surface area (Å²) < 4.78 is 12.9. The molecule has 1 amide bonds. The first-order valence-corrected chi connectivity index (χ1v) is 5.94. The van der Waals surface area contributed by atoms with E-state index in [9.17, 15) is 14.0 Å². The van der Waals surface area contributed by atoms with Crippen molar-refractivity contribution in [3.05, 3.63) is 30.1 Å². The third-order valence-electron chi connectivity index (χ3n) is 3.23. The fourth-order valence-electron chi connectivity index (χ4n) is 2.11. The van der Waals surface area contributed by atoms with E-state index in [-0.39, 0.29) is 31.4 Å². The number of hydrogen-bond donors (Lipinski definition) is 1. The molecule has 0 saturated carbocycles. The number of carbonyl (C=O) groups excluding carboxylic acids is 1. The zero-order chi connectivity index (χ0) is 14.0. The zero-order valence-electron chi connectivity index (χ0n) is 10.5. The molecule has 1 aliphatic rings. The Labute approximate surface area is 110 Å². The van der Waals surface area contributed by atoms with Gasteiger partial charge in [0.25, 0.3) is 0 Å². The van der Waals surface area contributed by atoms with Crippen molar-refractivity contribution in [1.82, 2.24) is 4.90 Å². The van der Waals surface area contributed by atoms with Crippen LogP contribution in [0.5, 0.6) is 0 Å². The summed E-state index contributed by atoms with van der Waals surface area (Å²) in [5.41, 5.74) is 0.649. The molecule has 1 atom stereocenters. The Morgan fingerprint density at radius 1 is 1.32 bits per heavy atom. The quantitative estimate of drug-likeness (QED) is 0.860. The molecule has 6 heteroatoms. The van der Waals surface area contributed by atoms with Gasteiger partial charge in [0.2, 0.25) is 5.91 Å². The topological polar surface area (TPSA) is 60.9 Å². The third kappa shape index (κ3) is 3.01. The van der Waals surface area contributed by atoms with E-state index in [4.69, 9.17) is 5.11 Å². The van der Waals surface area contributed by atoms with Crippen LogP contribution < -0.4 is 4.90 Å². The largest absolute Gasteiger partial charge is 0.481 e. The lowest BCUT2D eigenvalue weighted by Crippen LogP contribution is -2.34. The van der Waals surface area contributed by atoms with Crippen molar-refractivity contribution in [2.45, 2.75) is 0 Å². The number of aliphatic carboxylic acids is 1. The average molecular weight is 266 g/mol. The number of carbonyl (C=O) groups is 2. The molecule has 5 nitrogen and oxygen atoms in total. The van der Waals surface area contributed by atoms with Crippen LogP contribution in [0.25, 0.3) is 0 Å². The van der Waals surface area contributed by atoms with E-state index >= 15 is 0 Å². The molecule has 1 heterocycles. The molecule has 0 radical (unpaired) electrons. The van der Waals surface area contributed by atoms with Crippen LogP contribution in [0.1, 0.15) is 0 Å². The van der Waals surface area contributed by atoms with Crippen LogP contribution in [0.4, 0.5) is 10.1 Å². The van der Waals surface area contributed by atoms with E-state index in [1.165, 1.54) is 17.0 Å². The molecule has 1 N–H and O–H groups in total. The van der Waals surface area contributed by atoms with Crippen LogP contribution in [0.15, 0.2) is 24.3 Å². The first-order valence-electron chi connectivity index (χ1n) is 5.94. The van der Waals surface area contributed by atoms with Gasteiger partial charge in [-0.25, -0.2) is 4.39 Å². The normalized spacial score (nSPS) is 20.3. The Morgan fingerprint density at radius 3 is 2.53 bits per heavy atom. The van der Waals surface area contributed by atoms with Gasteiger partial charge in [0.1, 0.15) is 5.82 Å². The molecule has 102 valence electrons.